The Morgan fingerprint density at radius 1 is 1.00 bits per heavy atom. The minimum atomic E-state index is -0.574. The zero-order valence-electron chi connectivity index (χ0n) is 18.7. The first kappa shape index (κ1) is 22.1. The first-order valence-electron chi connectivity index (χ1n) is 11.0. The predicted molar refractivity (Wildman–Crippen MR) is 118 cm³/mol. The van der Waals surface area contributed by atoms with Crippen LogP contribution in [0.2, 0.25) is 0 Å². The molecule has 32 heavy (non-hydrogen) atoms. The summed E-state index contributed by atoms with van der Waals surface area (Å²) in [7, 11) is 0. The van der Waals surface area contributed by atoms with E-state index in [0.717, 1.165) is 17.5 Å². The molecule has 2 aliphatic rings. The highest BCUT2D eigenvalue weighted by Gasteiger charge is 2.36. The van der Waals surface area contributed by atoms with Gasteiger partial charge in [0.05, 0.1) is 12.6 Å². The molecule has 0 radical (unpaired) electrons. The molecule has 1 saturated heterocycles. The second-order valence-corrected chi connectivity index (χ2v) is 9.32. The molecule has 0 spiro atoms. The van der Waals surface area contributed by atoms with Crippen molar-refractivity contribution in [2.45, 2.75) is 51.4 Å². The number of carbonyl (C=O) groups excluding carboxylic acids is 2. The second-order valence-electron chi connectivity index (χ2n) is 9.32. The maximum absolute atomic E-state index is 13.5. The van der Waals surface area contributed by atoms with E-state index in [9.17, 15) is 14.0 Å². The summed E-state index contributed by atoms with van der Waals surface area (Å²) in [4.78, 5) is 28.8. The minimum Gasteiger partial charge on any atom is -0.444 e. The molecule has 2 atom stereocenters. The van der Waals surface area contributed by atoms with Crippen molar-refractivity contribution in [1.29, 1.82) is 0 Å². The average molecular weight is 441 g/mol. The zero-order valence-corrected chi connectivity index (χ0v) is 18.7. The number of hydrogen-bond acceptors (Lipinski definition) is 4. The minimum absolute atomic E-state index is 0.312. The van der Waals surface area contributed by atoms with Gasteiger partial charge in [-0.05, 0) is 56.0 Å². The van der Waals surface area contributed by atoms with Crippen molar-refractivity contribution in [3.8, 4) is 0 Å². The van der Waals surface area contributed by atoms with E-state index in [1.165, 1.54) is 17.7 Å². The molecule has 7 heteroatoms. The van der Waals surface area contributed by atoms with Crippen LogP contribution in [-0.2, 0) is 15.9 Å². The van der Waals surface area contributed by atoms with E-state index in [1.54, 1.807) is 21.9 Å². The van der Waals surface area contributed by atoms with Crippen molar-refractivity contribution < 1.29 is 23.5 Å². The van der Waals surface area contributed by atoms with Gasteiger partial charge in [0.1, 0.15) is 17.5 Å². The number of carbonyl (C=O) groups is 2. The molecule has 0 bridgehead atoms. The van der Waals surface area contributed by atoms with Crippen molar-refractivity contribution in [2.75, 3.05) is 19.6 Å². The number of halogens is 1. The van der Waals surface area contributed by atoms with Crippen LogP contribution in [0, 0.1) is 5.82 Å². The molecule has 2 amide bonds. The second kappa shape index (κ2) is 8.81. The number of rotatable bonds is 2. The van der Waals surface area contributed by atoms with Gasteiger partial charge in [0.15, 0.2) is 0 Å². The molecule has 0 aliphatic carbocycles. The van der Waals surface area contributed by atoms with Crippen LogP contribution >= 0.6 is 0 Å². The Morgan fingerprint density at radius 3 is 2.44 bits per heavy atom. The maximum atomic E-state index is 13.5. The van der Waals surface area contributed by atoms with Gasteiger partial charge in [0.2, 0.25) is 0 Å². The third kappa shape index (κ3) is 4.87. The van der Waals surface area contributed by atoms with Gasteiger partial charge in [0, 0.05) is 19.5 Å². The third-order valence-electron chi connectivity index (χ3n) is 5.77. The lowest BCUT2D eigenvalue weighted by Gasteiger charge is -2.37. The van der Waals surface area contributed by atoms with Crippen LogP contribution in [0.3, 0.4) is 0 Å². The standard InChI is InChI=1S/C25H29FN2O4/c1-25(2,3)32-23(29)27-14-13-20(16-27)31-24(30)28-15-12-17-6-4-5-7-21(17)22(28)18-8-10-19(26)11-9-18/h4-11,20,22H,12-16H2,1-3H3/t20-,22-/m0/s1. The SMILES string of the molecule is CC(C)(C)OC(=O)N1CC[C@H](OC(=O)N2CCc3ccccc3[C@@H]2c2ccc(F)cc2)C1. The zero-order chi connectivity index (χ0) is 22.9. The Morgan fingerprint density at radius 2 is 1.72 bits per heavy atom. The van der Waals surface area contributed by atoms with Crippen molar-refractivity contribution in [3.63, 3.8) is 0 Å². The maximum Gasteiger partial charge on any atom is 0.410 e. The van der Waals surface area contributed by atoms with Crippen molar-refractivity contribution in [1.82, 2.24) is 9.80 Å². The monoisotopic (exact) mass is 440 g/mol. The number of hydrogen-bond donors (Lipinski definition) is 0. The predicted octanol–water partition coefficient (Wildman–Crippen LogP) is 4.92. The molecular weight excluding hydrogens is 411 g/mol. The molecule has 170 valence electrons. The molecule has 0 unspecified atom stereocenters. The number of ether oxygens (including phenoxy) is 2. The summed E-state index contributed by atoms with van der Waals surface area (Å²) < 4.78 is 24.8. The largest absolute Gasteiger partial charge is 0.444 e. The van der Waals surface area contributed by atoms with Gasteiger partial charge >= 0.3 is 12.2 Å². The van der Waals surface area contributed by atoms with Gasteiger partial charge in [-0.15, -0.1) is 0 Å². The molecule has 1 fully saturated rings. The smallest absolute Gasteiger partial charge is 0.410 e. The summed E-state index contributed by atoms with van der Waals surface area (Å²) >= 11 is 0. The molecule has 2 aromatic rings. The summed E-state index contributed by atoms with van der Waals surface area (Å²) in [6, 6.07) is 13.9. The summed E-state index contributed by atoms with van der Waals surface area (Å²) in [5.74, 6) is -0.319. The molecule has 0 N–H and O–H groups in total. The van der Waals surface area contributed by atoms with Gasteiger partial charge < -0.3 is 14.4 Å². The Labute approximate surface area is 187 Å². The van der Waals surface area contributed by atoms with Crippen LogP contribution in [0.4, 0.5) is 14.0 Å². The van der Waals surface area contributed by atoms with Crippen LogP contribution in [0.25, 0.3) is 0 Å². The number of nitrogens with zero attached hydrogens (tertiary/aromatic N) is 2. The highest BCUT2D eigenvalue weighted by Crippen LogP contribution is 2.36. The number of fused-ring (bicyclic) bond motifs is 1. The van der Waals surface area contributed by atoms with Gasteiger partial charge in [-0.1, -0.05) is 36.4 Å². The highest BCUT2D eigenvalue weighted by molar-refractivity contribution is 5.71. The van der Waals surface area contributed by atoms with Gasteiger partial charge in [0.25, 0.3) is 0 Å². The third-order valence-corrected chi connectivity index (χ3v) is 5.77. The number of likely N-dealkylation sites (tertiary alicyclic amines) is 1. The first-order valence-corrected chi connectivity index (χ1v) is 11.0. The summed E-state index contributed by atoms with van der Waals surface area (Å²) in [6.07, 6.45) is 0.0759. The molecule has 6 nitrogen and oxygen atoms in total. The van der Waals surface area contributed by atoms with E-state index >= 15 is 0 Å². The van der Waals surface area contributed by atoms with Gasteiger partial charge in [-0.3, -0.25) is 4.90 Å². The van der Waals surface area contributed by atoms with E-state index in [-0.39, 0.29) is 18.0 Å². The van der Waals surface area contributed by atoms with Crippen LogP contribution in [0.5, 0.6) is 0 Å². The van der Waals surface area contributed by atoms with Crippen LogP contribution in [-0.4, -0.2) is 53.3 Å². The van der Waals surface area contributed by atoms with Gasteiger partial charge in [-0.2, -0.15) is 0 Å². The van der Waals surface area contributed by atoms with Crippen LogP contribution in [0.15, 0.2) is 48.5 Å². The van der Waals surface area contributed by atoms with E-state index in [0.29, 0.717) is 26.1 Å². The lowest BCUT2D eigenvalue weighted by atomic mass is 9.88. The summed E-state index contributed by atoms with van der Waals surface area (Å²) in [5, 5.41) is 0. The molecule has 2 aliphatic heterocycles. The Balaban J connectivity index is 1.49. The fraction of sp³-hybridized carbons (Fsp3) is 0.440. The molecule has 0 aromatic heterocycles. The van der Waals surface area contributed by atoms with Crippen molar-refractivity contribution in [2.24, 2.45) is 0 Å². The molecule has 4 rings (SSSR count). The summed E-state index contributed by atoms with van der Waals surface area (Å²) in [5.41, 5.74) is 2.44. The first-order chi connectivity index (χ1) is 15.2. The van der Waals surface area contributed by atoms with Crippen LogP contribution in [0.1, 0.15) is 49.9 Å². The number of benzene rings is 2. The van der Waals surface area contributed by atoms with Crippen molar-refractivity contribution >= 4 is 12.2 Å². The van der Waals surface area contributed by atoms with Gasteiger partial charge in [-0.25, -0.2) is 14.0 Å². The highest BCUT2D eigenvalue weighted by atomic mass is 19.1. The Bertz CT molecular complexity index is 986. The van der Waals surface area contributed by atoms with E-state index in [2.05, 4.69) is 6.07 Å². The topological polar surface area (TPSA) is 59.1 Å². The average Bonchev–Trinajstić information content (AvgIpc) is 3.21. The van der Waals surface area contributed by atoms with E-state index in [4.69, 9.17) is 9.47 Å². The lowest BCUT2D eigenvalue weighted by molar-refractivity contribution is 0.0230. The van der Waals surface area contributed by atoms with E-state index < -0.39 is 17.8 Å². The Kier molecular flexibility index (Phi) is 6.09. The van der Waals surface area contributed by atoms with Crippen LogP contribution < -0.4 is 0 Å². The summed E-state index contributed by atoms with van der Waals surface area (Å²) in [6.45, 7) is 6.76. The number of amides is 2. The van der Waals surface area contributed by atoms with E-state index in [1.807, 2.05) is 39.0 Å². The molecule has 2 heterocycles. The molecular formula is C25H29FN2O4. The quantitative estimate of drug-likeness (QED) is 0.665. The lowest BCUT2D eigenvalue weighted by Crippen LogP contribution is -2.43. The van der Waals surface area contributed by atoms with Crippen molar-refractivity contribution in [3.05, 3.63) is 71.0 Å². The fourth-order valence-corrected chi connectivity index (χ4v) is 4.29. The Hall–Kier alpha value is -3.09. The molecule has 0 saturated carbocycles. The fourth-order valence-electron chi connectivity index (χ4n) is 4.29. The normalized spacial score (nSPS) is 20.6. The molecule has 2 aromatic carbocycles.